The van der Waals surface area contributed by atoms with Crippen LogP contribution in [-0.4, -0.2) is 9.38 Å². The van der Waals surface area contributed by atoms with E-state index in [1.54, 1.807) is 11.3 Å². The van der Waals surface area contributed by atoms with Gasteiger partial charge in [0, 0.05) is 5.02 Å². The zero-order chi connectivity index (χ0) is 11.4. The van der Waals surface area contributed by atoms with Crippen LogP contribution in [0.3, 0.4) is 0 Å². The van der Waals surface area contributed by atoms with Crippen LogP contribution < -0.4 is 0 Å². The van der Waals surface area contributed by atoms with Gasteiger partial charge < -0.3 is 0 Å². The summed E-state index contributed by atoms with van der Waals surface area (Å²) < 4.78 is 3.41. The highest BCUT2D eigenvalue weighted by Crippen LogP contribution is 2.30. The smallest absolute Gasteiger partial charge is 0.195 e. The average Bonchev–Trinajstić information content (AvgIpc) is 2.84. The summed E-state index contributed by atoms with van der Waals surface area (Å²) in [5, 5.41) is 0.745. The van der Waals surface area contributed by atoms with Gasteiger partial charge in [0.15, 0.2) is 4.96 Å². The monoisotopic (exact) mass is 258 g/mol. The van der Waals surface area contributed by atoms with Gasteiger partial charge >= 0.3 is 0 Å². The van der Waals surface area contributed by atoms with E-state index in [2.05, 4.69) is 21.5 Å². The van der Waals surface area contributed by atoms with Gasteiger partial charge in [-0.2, -0.15) is 0 Å². The number of hydrogen-bond donors (Lipinski definition) is 0. The number of benzene rings is 2. The Bertz CT molecular complexity index is 860. The molecule has 0 atom stereocenters. The Balaban J connectivity index is 2.33. The summed E-state index contributed by atoms with van der Waals surface area (Å²) in [4.78, 5) is 5.63. The largest absolute Gasteiger partial charge is 0.283 e. The van der Waals surface area contributed by atoms with Crippen LogP contribution in [0.5, 0.6) is 0 Å². The van der Waals surface area contributed by atoms with Gasteiger partial charge in [0.1, 0.15) is 0 Å². The molecule has 0 radical (unpaired) electrons. The van der Waals surface area contributed by atoms with E-state index < -0.39 is 0 Å². The number of thiazole rings is 1. The first kappa shape index (κ1) is 9.45. The molecule has 0 spiro atoms. The predicted molar refractivity (Wildman–Crippen MR) is 73.1 cm³/mol. The first-order chi connectivity index (χ1) is 8.33. The molecule has 0 unspecified atom stereocenters. The minimum absolute atomic E-state index is 0.745. The molecule has 17 heavy (non-hydrogen) atoms. The molecule has 82 valence electrons. The van der Waals surface area contributed by atoms with Crippen LogP contribution >= 0.6 is 22.9 Å². The first-order valence-corrected chi connectivity index (χ1v) is 6.48. The predicted octanol–water partition coefficient (Wildman–Crippen LogP) is 4.36. The van der Waals surface area contributed by atoms with Gasteiger partial charge in [-0.15, -0.1) is 0 Å². The zero-order valence-electron chi connectivity index (χ0n) is 8.72. The fourth-order valence-corrected chi connectivity index (χ4v) is 3.36. The zero-order valence-corrected chi connectivity index (χ0v) is 10.3. The maximum atomic E-state index is 6.06. The summed E-state index contributed by atoms with van der Waals surface area (Å²) in [7, 11) is 0. The third-order valence-electron chi connectivity index (χ3n) is 2.89. The van der Waals surface area contributed by atoms with E-state index in [4.69, 9.17) is 11.6 Å². The number of imidazole rings is 1. The van der Waals surface area contributed by atoms with Crippen LogP contribution in [0.1, 0.15) is 0 Å². The Morgan fingerprint density at radius 2 is 1.94 bits per heavy atom. The average molecular weight is 259 g/mol. The summed E-state index contributed by atoms with van der Waals surface area (Å²) >= 11 is 7.76. The number of halogens is 1. The van der Waals surface area contributed by atoms with Gasteiger partial charge in [-0.3, -0.25) is 4.40 Å². The van der Waals surface area contributed by atoms with Crippen molar-refractivity contribution in [1.29, 1.82) is 0 Å². The lowest BCUT2D eigenvalue weighted by molar-refractivity contribution is 1.35. The van der Waals surface area contributed by atoms with E-state index in [-0.39, 0.29) is 0 Å². The van der Waals surface area contributed by atoms with Crippen LogP contribution in [0.2, 0.25) is 5.02 Å². The number of rotatable bonds is 0. The first-order valence-electron chi connectivity index (χ1n) is 5.28. The van der Waals surface area contributed by atoms with E-state index in [0.717, 1.165) is 21.0 Å². The Hall–Kier alpha value is -1.58. The molecule has 2 nitrogen and oxygen atoms in total. The molecule has 2 aromatic heterocycles. The summed E-state index contributed by atoms with van der Waals surface area (Å²) in [5.74, 6) is 0. The molecule has 0 saturated heterocycles. The minimum Gasteiger partial charge on any atom is -0.283 e. The quantitative estimate of drug-likeness (QED) is 0.458. The third-order valence-corrected chi connectivity index (χ3v) is 4.15. The molecule has 0 aliphatic rings. The van der Waals surface area contributed by atoms with E-state index in [1.165, 1.54) is 10.2 Å². The van der Waals surface area contributed by atoms with Gasteiger partial charge in [-0.1, -0.05) is 35.1 Å². The normalized spacial score (nSPS) is 11.8. The van der Waals surface area contributed by atoms with Crippen molar-refractivity contribution in [3.63, 3.8) is 0 Å². The van der Waals surface area contributed by atoms with Gasteiger partial charge in [-0.25, -0.2) is 4.98 Å². The van der Waals surface area contributed by atoms with Crippen LogP contribution in [0.15, 0.2) is 42.5 Å². The van der Waals surface area contributed by atoms with E-state index >= 15 is 0 Å². The molecular formula is C13H7ClN2S. The highest BCUT2D eigenvalue weighted by molar-refractivity contribution is 7.23. The van der Waals surface area contributed by atoms with Crippen molar-refractivity contribution in [1.82, 2.24) is 9.38 Å². The van der Waals surface area contributed by atoms with Crippen LogP contribution in [0.25, 0.3) is 26.2 Å². The van der Waals surface area contributed by atoms with Crippen molar-refractivity contribution >= 4 is 49.1 Å². The number of para-hydroxylation sites is 1. The summed E-state index contributed by atoms with van der Waals surface area (Å²) in [6.07, 6.45) is 0. The molecule has 0 aliphatic heterocycles. The van der Waals surface area contributed by atoms with Crippen molar-refractivity contribution in [3.8, 4) is 0 Å². The molecular weight excluding hydrogens is 252 g/mol. The number of fused-ring (bicyclic) bond motifs is 5. The Kier molecular flexibility index (Phi) is 1.79. The lowest BCUT2D eigenvalue weighted by Gasteiger charge is -1.94. The van der Waals surface area contributed by atoms with E-state index in [0.29, 0.717) is 0 Å². The Labute approximate surface area is 106 Å². The second kappa shape index (κ2) is 3.22. The van der Waals surface area contributed by atoms with Gasteiger partial charge in [0.05, 0.1) is 21.3 Å². The van der Waals surface area contributed by atoms with Crippen molar-refractivity contribution in [2.45, 2.75) is 0 Å². The highest BCUT2D eigenvalue weighted by atomic mass is 35.5. The molecule has 0 saturated carbocycles. The minimum atomic E-state index is 0.745. The van der Waals surface area contributed by atoms with Gasteiger partial charge in [-0.05, 0) is 30.3 Å². The lowest BCUT2D eigenvalue weighted by atomic mass is 10.3. The second-order valence-corrected chi connectivity index (χ2v) is 5.38. The van der Waals surface area contributed by atoms with Crippen molar-refractivity contribution in [2.75, 3.05) is 0 Å². The molecule has 0 fully saturated rings. The molecule has 2 aromatic carbocycles. The van der Waals surface area contributed by atoms with Crippen LogP contribution in [-0.2, 0) is 0 Å². The molecule has 0 amide bonds. The maximum absolute atomic E-state index is 6.06. The summed E-state index contributed by atoms with van der Waals surface area (Å²) in [6, 6.07) is 14.1. The van der Waals surface area contributed by atoms with Crippen molar-refractivity contribution in [3.05, 3.63) is 47.5 Å². The maximum Gasteiger partial charge on any atom is 0.195 e. The van der Waals surface area contributed by atoms with Gasteiger partial charge in [0.2, 0.25) is 0 Å². The van der Waals surface area contributed by atoms with E-state index in [9.17, 15) is 0 Å². The highest BCUT2D eigenvalue weighted by Gasteiger charge is 2.10. The van der Waals surface area contributed by atoms with Crippen molar-refractivity contribution < 1.29 is 0 Å². The topological polar surface area (TPSA) is 17.3 Å². The van der Waals surface area contributed by atoms with Crippen LogP contribution in [0, 0.1) is 0 Å². The van der Waals surface area contributed by atoms with Crippen molar-refractivity contribution in [2.24, 2.45) is 0 Å². The summed E-state index contributed by atoms with van der Waals surface area (Å²) in [5.41, 5.74) is 3.26. The van der Waals surface area contributed by atoms with E-state index in [1.807, 2.05) is 30.3 Å². The SMILES string of the molecule is Clc1ccc2nc3sc4ccccc4n3c2c1. The molecule has 4 heteroatoms. The van der Waals surface area contributed by atoms with Gasteiger partial charge in [0.25, 0.3) is 0 Å². The van der Waals surface area contributed by atoms with Crippen LogP contribution in [0.4, 0.5) is 0 Å². The Morgan fingerprint density at radius 3 is 2.88 bits per heavy atom. The molecule has 4 aromatic rings. The molecule has 0 aliphatic carbocycles. The third kappa shape index (κ3) is 1.24. The summed E-state index contributed by atoms with van der Waals surface area (Å²) in [6.45, 7) is 0. The molecule has 0 N–H and O–H groups in total. The number of nitrogens with zero attached hydrogens (tertiary/aromatic N) is 2. The molecule has 4 rings (SSSR count). The fourth-order valence-electron chi connectivity index (χ4n) is 2.15. The lowest BCUT2D eigenvalue weighted by Crippen LogP contribution is -1.79. The number of aromatic nitrogens is 2. The molecule has 2 heterocycles. The number of hydrogen-bond acceptors (Lipinski definition) is 2. The Morgan fingerprint density at radius 1 is 1.06 bits per heavy atom. The fraction of sp³-hybridized carbons (Fsp3) is 0. The second-order valence-electron chi connectivity index (χ2n) is 3.93. The standard InChI is InChI=1S/C13H7ClN2S/c14-8-5-6-9-11(7-8)16-10-3-1-2-4-12(10)17-13(16)15-9/h1-7H. The molecule has 0 bridgehead atoms.